The lowest BCUT2D eigenvalue weighted by molar-refractivity contribution is 0.415. The maximum Gasteiger partial charge on any atom is 0.119 e. The number of hydrogen-bond donors (Lipinski definition) is 0. The molecule has 74 valence electrons. The topological polar surface area (TPSA) is 14.2 Å². The van der Waals surface area contributed by atoms with Crippen LogP contribution in [0.15, 0.2) is 30.5 Å². The van der Waals surface area contributed by atoms with E-state index in [0.717, 1.165) is 16.7 Å². The van der Waals surface area contributed by atoms with Crippen molar-refractivity contribution in [3.8, 4) is 5.75 Å². The summed E-state index contributed by atoms with van der Waals surface area (Å²) in [6.45, 7) is 0.0750. The Labute approximate surface area is 81.9 Å². The smallest absolute Gasteiger partial charge is 0.119 e. The third kappa shape index (κ3) is 1.45. The second-order valence-corrected chi connectivity index (χ2v) is 3.12. The van der Waals surface area contributed by atoms with Crippen molar-refractivity contribution in [3.05, 3.63) is 30.5 Å². The van der Waals surface area contributed by atoms with E-state index in [9.17, 15) is 4.39 Å². The summed E-state index contributed by atoms with van der Waals surface area (Å²) in [5.41, 5.74) is 1.04. The van der Waals surface area contributed by atoms with Crippen molar-refractivity contribution in [3.63, 3.8) is 0 Å². The Hall–Kier alpha value is -1.51. The number of ether oxygens (including phenoxy) is 1. The van der Waals surface area contributed by atoms with Crippen LogP contribution in [-0.4, -0.2) is 18.4 Å². The predicted octanol–water partition coefficient (Wildman–Crippen LogP) is 2.62. The summed E-state index contributed by atoms with van der Waals surface area (Å²) < 4.78 is 19.2. The second kappa shape index (κ2) is 3.70. The van der Waals surface area contributed by atoms with Crippen molar-refractivity contribution in [2.75, 3.05) is 13.8 Å². The molecule has 0 spiro atoms. The zero-order valence-electron chi connectivity index (χ0n) is 8.03. The molecule has 0 aliphatic rings. The van der Waals surface area contributed by atoms with E-state index < -0.39 is 0 Å². The Bertz CT molecular complexity index is 436. The highest BCUT2D eigenvalue weighted by Crippen LogP contribution is 2.21. The van der Waals surface area contributed by atoms with E-state index in [2.05, 4.69) is 0 Å². The van der Waals surface area contributed by atoms with Crippen molar-refractivity contribution in [1.82, 2.24) is 4.57 Å². The lowest BCUT2D eigenvalue weighted by atomic mass is 10.2. The molecule has 0 atom stereocenters. The number of methoxy groups -OCH3 is 1. The largest absolute Gasteiger partial charge is 0.497 e. The van der Waals surface area contributed by atoms with Gasteiger partial charge in [-0.05, 0) is 24.3 Å². The van der Waals surface area contributed by atoms with E-state index in [1.165, 1.54) is 0 Å². The van der Waals surface area contributed by atoms with Gasteiger partial charge in [-0.1, -0.05) is 0 Å². The molecule has 0 aliphatic heterocycles. The molecule has 0 fully saturated rings. The number of nitrogens with zero attached hydrogens (tertiary/aromatic N) is 1. The Balaban J connectivity index is 2.48. The molecular weight excluding hydrogens is 181 g/mol. The van der Waals surface area contributed by atoms with Crippen molar-refractivity contribution in [2.24, 2.45) is 0 Å². The van der Waals surface area contributed by atoms with E-state index in [4.69, 9.17) is 4.74 Å². The van der Waals surface area contributed by atoms with Crippen LogP contribution in [0.25, 0.3) is 10.9 Å². The van der Waals surface area contributed by atoms with Gasteiger partial charge in [0.2, 0.25) is 0 Å². The summed E-state index contributed by atoms with van der Waals surface area (Å²) in [6.07, 6.45) is 1.89. The lowest BCUT2D eigenvalue weighted by Crippen LogP contribution is -1.96. The first-order valence-corrected chi connectivity index (χ1v) is 4.54. The number of aromatic nitrogens is 1. The lowest BCUT2D eigenvalue weighted by Gasteiger charge is -2.03. The summed E-state index contributed by atoms with van der Waals surface area (Å²) >= 11 is 0. The van der Waals surface area contributed by atoms with Crippen LogP contribution in [0.1, 0.15) is 0 Å². The van der Waals surface area contributed by atoms with Gasteiger partial charge in [-0.3, -0.25) is 0 Å². The van der Waals surface area contributed by atoms with Crippen molar-refractivity contribution < 1.29 is 9.13 Å². The molecule has 0 aliphatic carbocycles. The molecule has 0 amide bonds. The van der Waals surface area contributed by atoms with E-state index in [1.54, 1.807) is 7.11 Å². The van der Waals surface area contributed by atoms with E-state index in [-0.39, 0.29) is 6.67 Å². The zero-order valence-corrected chi connectivity index (χ0v) is 8.03. The number of alkyl halides is 1. The fourth-order valence-corrected chi connectivity index (χ4v) is 1.59. The fraction of sp³-hybridized carbons (Fsp3) is 0.273. The SMILES string of the molecule is COc1ccc2c(ccn2CCF)c1. The van der Waals surface area contributed by atoms with Gasteiger partial charge < -0.3 is 9.30 Å². The summed E-state index contributed by atoms with van der Waals surface area (Å²) in [5, 5.41) is 1.08. The highest BCUT2D eigenvalue weighted by Gasteiger charge is 2.01. The number of aryl methyl sites for hydroxylation is 1. The van der Waals surface area contributed by atoms with Crippen LogP contribution >= 0.6 is 0 Å². The Morgan fingerprint density at radius 1 is 1.36 bits per heavy atom. The maximum atomic E-state index is 12.2. The maximum absolute atomic E-state index is 12.2. The van der Waals surface area contributed by atoms with Crippen LogP contribution in [0.2, 0.25) is 0 Å². The number of halogens is 1. The van der Waals surface area contributed by atoms with Gasteiger partial charge in [0, 0.05) is 17.1 Å². The van der Waals surface area contributed by atoms with Gasteiger partial charge in [0.25, 0.3) is 0 Å². The van der Waals surface area contributed by atoms with Gasteiger partial charge in [-0.2, -0.15) is 0 Å². The number of fused-ring (bicyclic) bond motifs is 1. The third-order valence-electron chi connectivity index (χ3n) is 2.30. The predicted molar refractivity (Wildman–Crippen MR) is 54.5 cm³/mol. The van der Waals surface area contributed by atoms with E-state index in [1.807, 2.05) is 35.0 Å². The number of benzene rings is 1. The van der Waals surface area contributed by atoms with Crippen LogP contribution in [-0.2, 0) is 6.54 Å². The fourth-order valence-electron chi connectivity index (χ4n) is 1.59. The van der Waals surface area contributed by atoms with Crippen LogP contribution in [0.3, 0.4) is 0 Å². The van der Waals surface area contributed by atoms with Gasteiger partial charge in [0.15, 0.2) is 0 Å². The van der Waals surface area contributed by atoms with Crippen LogP contribution in [0.5, 0.6) is 5.75 Å². The second-order valence-electron chi connectivity index (χ2n) is 3.12. The van der Waals surface area contributed by atoms with Gasteiger partial charge in [-0.15, -0.1) is 0 Å². The van der Waals surface area contributed by atoms with Crippen LogP contribution in [0, 0.1) is 0 Å². The van der Waals surface area contributed by atoms with E-state index >= 15 is 0 Å². The molecule has 0 N–H and O–H groups in total. The summed E-state index contributed by atoms with van der Waals surface area (Å²) in [7, 11) is 1.64. The Morgan fingerprint density at radius 2 is 2.21 bits per heavy atom. The number of rotatable bonds is 3. The molecule has 1 aromatic carbocycles. The van der Waals surface area contributed by atoms with Crippen molar-refractivity contribution in [1.29, 1.82) is 0 Å². The first-order chi connectivity index (χ1) is 6.85. The normalized spacial score (nSPS) is 10.7. The van der Waals surface area contributed by atoms with E-state index in [0.29, 0.717) is 6.54 Å². The summed E-state index contributed by atoms with van der Waals surface area (Å²) in [4.78, 5) is 0. The summed E-state index contributed by atoms with van der Waals surface area (Å²) in [6, 6.07) is 7.75. The highest BCUT2D eigenvalue weighted by molar-refractivity contribution is 5.81. The molecule has 14 heavy (non-hydrogen) atoms. The minimum Gasteiger partial charge on any atom is -0.497 e. The molecule has 2 aromatic rings. The molecule has 3 heteroatoms. The molecule has 2 nitrogen and oxygen atoms in total. The Morgan fingerprint density at radius 3 is 2.93 bits per heavy atom. The molecule has 0 saturated carbocycles. The quantitative estimate of drug-likeness (QED) is 0.730. The molecule has 0 radical (unpaired) electrons. The first-order valence-electron chi connectivity index (χ1n) is 4.54. The Kier molecular flexibility index (Phi) is 2.39. The third-order valence-corrected chi connectivity index (χ3v) is 2.30. The van der Waals surface area contributed by atoms with Crippen LogP contribution in [0.4, 0.5) is 4.39 Å². The highest BCUT2D eigenvalue weighted by atomic mass is 19.1. The molecule has 1 aromatic heterocycles. The average Bonchev–Trinajstić information content (AvgIpc) is 2.61. The van der Waals surface area contributed by atoms with Gasteiger partial charge in [-0.25, -0.2) is 4.39 Å². The minimum absolute atomic E-state index is 0.337. The van der Waals surface area contributed by atoms with Crippen molar-refractivity contribution >= 4 is 10.9 Å². The summed E-state index contributed by atoms with van der Waals surface area (Å²) in [5.74, 6) is 0.829. The standard InChI is InChI=1S/C11H12FNO/c1-14-10-2-3-11-9(8-10)4-6-13(11)7-5-12/h2-4,6,8H,5,7H2,1H3. The molecular formula is C11H12FNO. The monoisotopic (exact) mass is 193 g/mol. The van der Waals surface area contributed by atoms with Crippen molar-refractivity contribution in [2.45, 2.75) is 6.54 Å². The zero-order chi connectivity index (χ0) is 9.97. The average molecular weight is 193 g/mol. The van der Waals surface area contributed by atoms with Crippen LogP contribution < -0.4 is 4.74 Å². The molecule has 0 unspecified atom stereocenters. The molecule has 2 rings (SSSR count). The van der Waals surface area contributed by atoms with Gasteiger partial charge in [0.1, 0.15) is 12.4 Å². The first kappa shape index (κ1) is 9.06. The van der Waals surface area contributed by atoms with Gasteiger partial charge in [0.05, 0.1) is 13.7 Å². The number of hydrogen-bond acceptors (Lipinski definition) is 1. The molecule has 0 bridgehead atoms. The van der Waals surface area contributed by atoms with Gasteiger partial charge >= 0.3 is 0 Å². The molecule has 1 heterocycles. The minimum atomic E-state index is -0.337. The molecule has 0 saturated heterocycles.